The topological polar surface area (TPSA) is 29.3 Å². The largest absolute Gasteiger partial charge is 0.371 e. The summed E-state index contributed by atoms with van der Waals surface area (Å²) in [5, 5.41) is 0. The molecule has 0 unspecified atom stereocenters. The van der Waals surface area contributed by atoms with Crippen LogP contribution in [0.1, 0.15) is 46.2 Å². The lowest BCUT2D eigenvalue weighted by atomic mass is 10.1. The molecule has 1 aromatic carbocycles. The molecule has 0 aliphatic heterocycles. The Bertz CT molecular complexity index is 329. The molecule has 0 radical (unpaired) electrons. The Morgan fingerprint density at radius 2 is 1.33 bits per heavy atom. The van der Waals surface area contributed by atoms with E-state index in [4.69, 9.17) is 5.73 Å². The highest BCUT2D eigenvalue weighted by Crippen LogP contribution is 2.20. The van der Waals surface area contributed by atoms with E-state index in [1.807, 2.05) is 6.92 Å². The van der Waals surface area contributed by atoms with E-state index in [1.54, 1.807) is 0 Å². The Labute approximate surface area is 112 Å². The number of rotatable bonds is 6. The van der Waals surface area contributed by atoms with Crippen LogP contribution in [0.25, 0.3) is 0 Å². The Morgan fingerprint density at radius 3 is 1.67 bits per heavy atom. The van der Waals surface area contributed by atoms with E-state index in [1.165, 1.54) is 11.3 Å². The van der Waals surface area contributed by atoms with Crippen LogP contribution in [0.3, 0.4) is 0 Å². The zero-order chi connectivity index (χ0) is 13.7. The summed E-state index contributed by atoms with van der Waals surface area (Å²) < 4.78 is 0. The van der Waals surface area contributed by atoms with Gasteiger partial charge in [-0.3, -0.25) is 0 Å². The molecule has 1 rings (SSSR count). The van der Waals surface area contributed by atoms with Gasteiger partial charge in [-0.25, -0.2) is 0 Å². The summed E-state index contributed by atoms with van der Waals surface area (Å²) in [6.45, 7) is 13.3. The second-order valence-corrected chi connectivity index (χ2v) is 6.07. The molecule has 0 saturated heterocycles. The van der Waals surface area contributed by atoms with Gasteiger partial charge in [-0.05, 0) is 36.5 Å². The maximum atomic E-state index is 5.89. The standard InChI is InChI=1S/C16H28N2/c1-12(2)10-18(11-13(3)4)16-8-6-15(7-9-16)14(5)17/h6-9,12-14H,10-11,17H2,1-5H3/t14-/m0/s1. The molecule has 1 atom stereocenters. The first kappa shape index (κ1) is 15.0. The average Bonchev–Trinajstić information content (AvgIpc) is 2.27. The van der Waals surface area contributed by atoms with Gasteiger partial charge in [0.05, 0.1) is 0 Å². The minimum absolute atomic E-state index is 0.114. The van der Waals surface area contributed by atoms with Crippen LogP contribution in [0.15, 0.2) is 24.3 Å². The molecular weight excluding hydrogens is 220 g/mol. The first-order valence-corrected chi connectivity index (χ1v) is 7.00. The van der Waals surface area contributed by atoms with Crippen molar-refractivity contribution in [2.24, 2.45) is 17.6 Å². The fourth-order valence-electron chi connectivity index (χ4n) is 2.16. The molecule has 102 valence electrons. The van der Waals surface area contributed by atoms with Gasteiger partial charge in [-0.15, -0.1) is 0 Å². The smallest absolute Gasteiger partial charge is 0.0366 e. The van der Waals surface area contributed by atoms with Crippen LogP contribution in [0.2, 0.25) is 0 Å². The summed E-state index contributed by atoms with van der Waals surface area (Å²) in [7, 11) is 0. The van der Waals surface area contributed by atoms with Gasteiger partial charge < -0.3 is 10.6 Å². The van der Waals surface area contributed by atoms with Crippen molar-refractivity contribution < 1.29 is 0 Å². The monoisotopic (exact) mass is 248 g/mol. The van der Waals surface area contributed by atoms with Gasteiger partial charge >= 0.3 is 0 Å². The molecule has 0 saturated carbocycles. The summed E-state index contributed by atoms with van der Waals surface area (Å²) in [6, 6.07) is 8.80. The molecule has 0 spiro atoms. The van der Waals surface area contributed by atoms with Crippen molar-refractivity contribution in [2.45, 2.75) is 40.7 Å². The highest BCUT2D eigenvalue weighted by molar-refractivity contribution is 5.48. The molecule has 18 heavy (non-hydrogen) atoms. The Kier molecular flexibility index (Phi) is 5.67. The number of benzene rings is 1. The zero-order valence-corrected chi connectivity index (χ0v) is 12.5. The van der Waals surface area contributed by atoms with Crippen molar-refractivity contribution in [3.8, 4) is 0 Å². The average molecular weight is 248 g/mol. The third-order valence-electron chi connectivity index (χ3n) is 2.96. The number of nitrogens with two attached hydrogens (primary N) is 1. The first-order chi connectivity index (χ1) is 8.40. The van der Waals surface area contributed by atoms with Crippen molar-refractivity contribution in [2.75, 3.05) is 18.0 Å². The maximum absolute atomic E-state index is 5.89. The fourth-order valence-corrected chi connectivity index (χ4v) is 2.16. The van der Waals surface area contributed by atoms with E-state index >= 15 is 0 Å². The molecule has 2 N–H and O–H groups in total. The highest BCUT2D eigenvalue weighted by Gasteiger charge is 2.10. The summed E-state index contributed by atoms with van der Waals surface area (Å²) >= 11 is 0. The summed E-state index contributed by atoms with van der Waals surface area (Å²) in [4.78, 5) is 2.47. The third kappa shape index (κ3) is 4.69. The molecule has 2 heteroatoms. The van der Waals surface area contributed by atoms with Crippen LogP contribution in [0.5, 0.6) is 0 Å². The molecular formula is C16H28N2. The molecule has 0 bridgehead atoms. The van der Waals surface area contributed by atoms with Gasteiger partial charge in [-0.1, -0.05) is 39.8 Å². The van der Waals surface area contributed by atoms with E-state index in [9.17, 15) is 0 Å². The lowest BCUT2D eigenvalue weighted by Crippen LogP contribution is -2.31. The first-order valence-electron chi connectivity index (χ1n) is 7.00. The number of hydrogen-bond acceptors (Lipinski definition) is 2. The summed E-state index contributed by atoms with van der Waals surface area (Å²) in [5.41, 5.74) is 8.40. The van der Waals surface area contributed by atoms with E-state index < -0.39 is 0 Å². The van der Waals surface area contributed by atoms with Crippen LogP contribution >= 0.6 is 0 Å². The van der Waals surface area contributed by atoms with Gasteiger partial charge in [0.1, 0.15) is 0 Å². The van der Waals surface area contributed by atoms with Crippen molar-refractivity contribution in [3.05, 3.63) is 29.8 Å². The molecule has 0 aromatic heterocycles. The van der Waals surface area contributed by atoms with Gasteiger partial charge in [0.2, 0.25) is 0 Å². The molecule has 0 heterocycles. The van der Waals surface area contributed by atoms with Gasteiger partial charge in [0.25, 0.3) is 0 Å². The van der Waals surface area contributed by atoms with Crippen LogP contribution < -0.4 is 10.6 Å². The molecule has 0 fully saturated rings. The predicted octanol–water partition coefficient (Wildman–Crippen LogP) is 3.82. The van der Waals surface area contributed by atoms with Crippen LogP contribution in [-0.4, -0.2) is 13.1 Å². The minimum atomic E-state index is 0.114. The predicted molar refractivity (Wildman–Crippen MR) is 80.9 cm³/mol. The molecule has 0 aliphatic rings. The van der Waals surface area contributed by atoms with Crippen LogP contribution in [0, 0.1) is 11.8 Å². The van der Waals surface area contributed by atoms with E-state index in [-0.39, 0.29) is 6.04 Å². The van der Waals surface area contributed by atoms with Gasteiger partial charge in [0.15, 0.2) is 0 Å². The molecule has 0 amide bonds. The Balaban J connectivity index is 2.83. The second kappa shape index (κ2) is 6.79. The SMILES string of the molecule is CC(C)CN(CC(C)C)c1ccc([C@H](C)N)cc1. The Hall–Kier alpha value is -1.02. The van der Waals surface area contributed by atoms with E-state index in [0.717, 1.165) is 13.1 Å². The summed E-state index contributed by atoms with van der Waals surface area (Å²) in [6.07, 6.45) is 0. The van der Waals surface area contributed by atoms with Crippen molar-refractivity contribution >= 4 is 5.69 Å². The lowest BCUT2D eigenvalue weighted by molar-refractivity contribution is 0.552. The minimum Gasteiger partial charge on any atom is -0.371 e. The lowest BCUT2D eigenvalue weighted by Gasteiger charge is -2.28. The number of anilines is 1. The Morgan fingerprint density at radius 1 is 0.889 bits per heavy atom. The van der Waals surface area contributed by atoms with E-state index in [2.05, 4.69) is 56.9 Å². The maximum Gasteiger partial charge on any atom is 0.0366 e. The van der Waals surface area contributed by atoms with Gasteiger partial charge in [-0.2, -0.15) is 0 Å². The van der Waals surface area contributed by atoms with Gasteiger partial charge in [0, 0.05) is 24.8 Å². The fraction of sp³-hybridized carbons (Fsp3) is 0.625. The van der Waals surface area contributed by atoms with Crippen molar-refractivity contribution in [3.63, 3.8) is 0 Å². The van der Waals surface area contributed by atoms with Crippen molar-refractivity contribution in [1.29, 1.82) is 0 Å². The van der Waals surface area contributed by atoms with E-state index in [0.29, 0.717) is 11.8 Å². The van der Waals surface area contributed by atoms with Crippen LogP contribution in [-0.2, 0) is 0 Å². The molecule has 2 nitrogen and oxygen atoms in total. The highest BCUT2D eigenvalue weighted by atomic mass is 15.1. The quantitative estimate of drug-likeness (QED) is 0.829. The number of nitrogens with zero attached hydrogens (tertiary/aromatic N) is 1. The van der Waals surface area contributed by atoms with Crippen LogP contribution in [0.4, 0.5) is 5.69 Å². The molecule has 0 aliphatic carbocycles. The number of hydrogen-bond donors (Lipinski definition) is 1. The normalized spacial score (nSPS) is 13.1. The second-order valence-electron chi connectivity index (χ2n) is 6.07. The molecule has 1 aromatic rings. The zero-order valence-electron chi connectivity index (χ0n) is 12.5. The van der Waals surface area contributed by atoms with Crippen molar-refractivity contribution in [1.82, 2.24) is 0 Å². The summed E-state index contributed by atoms with van der Waals surface area (Å²) in [5.74, 6) is 1.36. The third-order valence-corrected chi connectivity index (χ3v) is 2.96.